The molecule has 0 aromatic carbocycles. The second kappa shape index (κ2) is 5.73. The molecule has 0 bridgehead atoms. The minimum Gasteiger partial charge on any atom is -0.370 e. The van der Waals surface area contributed by atoms with Gasteiger partial charge in [0.05, 0.1) is 0 Å². The van der Waals surface area contributed by atoms with Gasteiger partial charge in [0.25, 0.3) is 0 Å². The van der Waals surface area contributed by atoms with Gasteiger partial charge >= 0.3 is 0 Å². The number of hydrogen-bond donors (Lipinski definition) is 1. The van der Waals surface area contributed by atoms with Crippen molar-refractivity contribution in [2.75, 3.05) is 23.4 Å². The number of nitrogens with zero attached hydrogens (tertiary/aromatic N) is 2. The maximum atomic E-state index is 5.81. The number of rotatable bonds is 3. The van der Waals surface area contributed by atoms with E-state index in [0.29, 0.717) is 5.28 Å². The van der Waals surface area contributed by atoms with E-state index >= 15 is 0 Å². The molecule has 2 heterocycles. The van der Waals surface area contributed by atoms with Gasteiger partial charge in [0, 0.05) is 18.3 Å². The maximum Gasteiger partial charge on any atom is 0.224 e. The summed E-state index contributed by atoms with van der Waals surface area (Å²) in [6.07, 6.45) is 2.60. The third kappa shape index (κ3) is 3.52. The van der Waals surface area contributed by atoms with E-state index in [9.17, 15) is 0 Å². The zero-order valence-corrected chi connectivity index (χ0v) is 10.9. The number of halogens is 1. The molecule has 1 fully saturated rings. The first-order valence-corrected chi connectivity index (χ1v) is 7.10. The molecule has 3 nitrogen and oxygen atoms in total. The summed E-state index contributed by atoms with van der Waals surface area (Å²) in [7, 11) is 0. The fourth-order valence-electron chi connectivity index (χ4n) is 1.82. The Hall–Kier alpha value is -0.480. The van der Waals surface area contributed by atoms with E-state index in [1.165, 1.54) is 24.3 Å². The Labute approximate surface area is 105 Å². The molecule has 1 N–H and O–H groups in total. The normalized spacial score (nSPS) is 17.4. The highest BCUT2D eigenvalue weighted by Crippen LogP contribution is 2.23. The second-order valence-electron chi connectivity index (χ2n) is 4.10. The van der Waals surface area contributed by atoms with Crippen LogP contribution in [-0.4, -0.2) is 28.0 Å². The van der Waals surface area contributed by atoms with E-state index in [1.54, 1.807) is 0 Å². The molecule has 16 heavy (non-hydrogen) atoms. The molecule has 1 aliphatic heterocycles. The van der Waals surface area contributed by atoms with Crippen molar-refractivity contribution in [3.8, 4) is 0 Å². The summed E-state index contributed by atoms with van der Waals surface area (Å²) in [5, 5.41) is 3.67. The zero-order valence-electron chi connectivity index (χ0n) is 9.37. The van der Waals surface area contributed by atoms with Crippen LogP contribution in [0.15, 0.2) is 6.07 Å². The number of hydrogen-bond acceptors (Lipinski definition) is 4. The minimum absolute atomic E-state index is 0.321. The Kier molecular flexibility index (Phi) is 4.29. The first-order chi connectivity index (χ1) is 7.74. The average Bonchev–Trinajstić information content (AvgIpc) is 2.27. The highest BCUT2D eigenvalue weighted by atomic mass is 35.5. The van der Waals surface area contributed by atoms with E-state index in [1.807, 2.05) is 13.0 Å². The summed E-state index contributed by atoms with van der Waals surface area (Å²) in [6.45, 7) is 2.92. The van der Waals surface area contributed by atoms with Crippen LogP contribution in [0.2, 0.25) is 5.28 Å². The van der Waals surface area contributed by atoms with Crippen LogP contribution in [0.1, 0.15) is 18.5 Å². The quantitative estimate of drug-likeness (QED) is 0.845. The highest BCUT2D eigenvalue weighted by molar-refractivity contribution is 7.99. The summed E-state index contributed by atoms with van der Waals surface area (Å²) in [5.74, 6) is 4.19. The Morgan fingerprint density at radius 1 is 1.44 bits per heavy atom. The monoisotopic (exact) mass is 257 g/mol. The number of aryl methyl sites for hydroxylation is 1. The van der Waals surface area contributed by atoms with Gasteiger partial charge in [0.1, 0.15) is 5.82 Å². The molecule has 2 rings (SSSR count). The molecule has 0 atom stereocenters. The van der Waals surface area contributed by atoms with Gasteiger partial charge in [-0.2, -0.15) is 11.8 Å². The molecule has 88 valence electrons. The molecule has 5 heteroatoms. The van der Waals surface area contributed by atoms with Gasteiger partial charge in [-0.05, 0) is 48.8 Å². The van der Waals surface area contributed by atoms with Crippen LogP contribution in [-0.2, 0) is 0 Å². The fraction of sp³-hybridized carbons (Fsp3) is 0.636. The van der Waals surface area contributed by atoms with E-state index in [4.69, 9.17) is 11.6 Å². The van der Waals surface area contributed by atoms with Crippen molar-refractivity contribution in [2.24, 2.45) is 5.92 Å². The van der Waals surface area contributed by atoms with Gasteiger partial charge in [-0.25, -0.2) is 9.97 Å². The second-order valence-corrected chi connectivity index (χ2v) is 5.66. The largest absolute Gasteiger partial charge is 0.370 e. The lowest BCUT2D eigenvalue weighted by Crippen LogP contribution is -2.19. The van der Waals surface area contributed by atoms with Crippen molar-refractivity contribution in [1.82, 2.24) is 9.97 Å². The van der Waals surface area contributed by atoms with Crippen molar-refractivity contribution in [3.05, 3.63) is 17.0 Å². The maximum absolute atomic E-state index is 5.81. The summed E-state index contributed by atoms with van der Waals surface area (Å²) < 4.78 is 0. The van der Waals surface area contributed by atoms with Crippen molar-refractivity contribution < 1.29 is 0 Å². The third-order valence-electron chi connectivity index (χ3n) is 2.74. The molecule has 0 spiro atoms. The molecule has 1 aromatic rings. The Morgan fingerprint density at radius 2 is 2.19 bits per heavy atom. The molecule has 0 saturated carbocycles. The Balaban J connectivity index is 1.88. The smallest absolute Gasteiger partial charge is 0.224 e. The molecular formula is C11H16ClN3S. The van der Waals surface area contributed by atoms with Crippen molar-refractivity contribution in [2.45, 2.75) is 19.8 Å². The summed E-state index contributed by atoms with van der Waals surface area (Å²) >= 11 is 7.86. The van der Waals surface area contributed by atoms with E-state index in [2.05, 4.69) is 27.0 Å². The number of aromatic nitrogens is 2. The third-order valence-corrected chi connectivity index (χ3v) is 3.96. The van der Waals surface area contributed by atoms with Crippen LogP contribution in [0.3, 0.4) is 0 Å². The summed E-state index contributed by atoms with van der Waals surface area (Å²) in [5.41, 5.74) is 0.904. The number of nitrogens with one attached hydrogen (secondary N) is 1. The van der Waals surface area contributed by atoms with Gasteiger partial charge in [0.2, 0.25) is 5.28 Å². The first-order valence-electron chi connectivity index (χ1n) is 5.57. The van der Waals surface area contributed by atoms with Crippen LogP contribution in [0.5, 0.6) is 0 Å². The predicted octanol–water partition coefficient (Wildman–Crippen LogP) is 2.99. The van der Waals surface area contributed by atoms with Crippen molar-refractivity contribution >= 4 is 29.2 Å². The average molecular weight is 258 g/mol. The van der Waals surface area contributed by atoms with Gasteiger partial charge in [0.15, 0.2) is 0 Å². The van der Waals surface area contributed by atoms with Crippen LogP contribution in [0.25, 0.3) is 0 Å². The van der Waals surface area contributed by atoms with Crippen LogP contribution < -0.4 is 5.32 Å². The summed E-state index contributed by atoms with van der Waals surface area (Å²) in [4.78, 5) is 8.20. The van der Waals surface area contributed by atoms with E-state index in [-0.39, 0.29) is 0 Å². The highest BCUT2D eigenvalue weighted by Gasteiger charge is 2.13. The fourth-order valence-corrected chi connectivity index (χ4v) is 3.25. The molecule has 0 radical (unpaired) electrons. The molecule has 0 aliphatic carbocycles. The number of anilines is 1. The SMILES string of the molecule is Cc1cc(NCC2CCSCC2)nc(Cl)n1. The Bertz CT molecular complexity index is 333. The Morgan fingerprint density at radius 3 is 2.88 bits per heavy atom. The topological polar surface area (TPSA) is 37.8 Å². The lowest BCUT2D eigenvalue weighted by Gasteiger charge is -2.21. The molecule has 1 aliphatic rings. The standard InChI is InChI=1S/C11H16ClN3S/c1-8-6-10(15-11(12)14-8)13-7-9-2-4-16-5-3-9/h6,9H,2-5,7H2,1H3,(H,13,14,15). The van der Waals surface area contributed by atoms with Crippen LogP contribution in [0.4, 0.5) is 5.82 Å². The lowest BCUT2D eigenvalue weighted by molar-refractivity contribution is 0.515. The first kappa shape index (κ1) is 12.0. The molecular weight excluding hydrogens is 242 g/mol. The van der Waals surface area contributed by atoms with Crippen LogP contribution in [0, 0.1) is 12.8 Å². The van der Waals surface area contributed by atoms with Gasteiger partial charge in [-0.3, -0.25) is 0 Å². The lowest BCUT2D eigenvalue weighted by atomic mass is 10.0. The molecule has 1 aromatic heterocycles. The minimum atomic E-state index is 0.321. The van der Waals surface area contributed by atoms with Crippen molar-refractivity contribution in [1.29, 1.82) is 0 Å². The van der Waals surface area contributed by atoms with Gasteiger partial charge in [-0.1, -0.05) is 0 Å². The molecule has 0 amide bonds. The number of thioether (sulfide) groups is 1. The van der Waals surface area contributed by atoms with Gasteiger partial charge in [-0.15, -0.1) is 0 Å². The van der Waals surface area contributed by atoms with E-state index in [0.717, 1.165) is 24.0 Å². The zero-order chi connectivity index (χ0) is 11.4. The van der Waals surface area contributed by atoms with Gasteiger partial charge < -0.3 is 5.32 Å². The van der Waals surface area contributed by atoms with E-state index < -0.39 is 0 Å². The molecule has 0 unspecified atom stereocenters. The van der Waals surface area contributed by atoms with Crippen molar-refractivity contribution in [3.63, 3.8) is 0 Å². The molecule has 1 saturated heterocycles. The summed E-state index contributed by atoms with van der Waals surface area (Å²) in [6, 6.07) is 1.93. The van der Waals surface area contributed by atoms with Crippen LogP contribution >= 0.6 is 23.4 Å². The predicted molar refractivity (Wildman–Crippen MR) is 70.3 cm³/mol.